The summed E-state index contributed by atoms with van der Waals surface area (Å²) < 4.78 is 29.3. The third kappa shape index (κ3) is 6.51. The van der Waals surface area contributed by atoms with Crippen molar-refractivity contribution in [2.45, 2.75) is 57.1 Å². The van der Waals surface area contributed by atoms with Crippen molar-refractivity contribution in [2.24, 2.45) is 0 Å². The molecule has 2 fully saturated rings. The summed E-state index contributed by atoms with van der Waals surface area (Å²) in [6.45, 7) is 8.66. The molecule has 1 N–H and O–H groups in total. The zero-order valence-corrected chi connectivity index (χ0v) is 19.9. The Kier molecular flexibility index (Phi) is 8.35. The van der Waals surface area contributed by atoms with Gasteiger partial charge >= 0.3 is 0 Å². The number of nitrogens with zero attached hydrogens (tertiary/aromatic N) is 1. The van der Waals surface area contributed by atoms with Gasteiger partial charge in [0, 0.05) is 26.7 Å². The van der Waals surface area contributed by atoms with Crippen LogP contribution < -0.4 is 0 Å². The zero-order chi connectivity index (χ0) is 23.3. The minimum Gasteiger partial charge on any atom is -0.385 e. The number of hydrogen-bond acceptors (Lipinski definition) is 7. The molecular weight excluding hydrogens is 422 g/mol. The van der Waals surface area contributed by atoms with Crippen LogP contribution in [0.3, 0.4) is 0 Å². The van der Waals surface area contributed by atoms with Crippen LogP contribution >= 0.6 is 0 Å². The van der Waals surface area contributed by atoms with Gasteiger partial charge in [0.15, 0.2) is 6.29 Å². The molecule has 4 atom stereocenters. The standard InChI is InChI=1S/C26H37NO6/c1-26(2,29-3)10-13-31-25-23(28)24(22(33-25)17-27-11-14-30-15-12-27)32-18-19-8-9-20-6-4-5-7-21(20)16-19/h4-9,16,22-25,28H,10-15,17-18H2,1-3H3. The lowest BCUT2D eigenvalue weighted by molar-refractivity contribution is -0.174. The molecule has 7 nitrogen and oxygen atoms in total. The van der Waals surface area contributed by atoms with Crippen molar-refractivity contribution >= 4 is 10.8 Å². The third-order valence-electron chi connectivity index (χ3n) is 6.63. The quantitative estimate of drug-likeness (QED) is 0.586. The molecule has 182 valence electrons. The maximum Gasteiger partial charge on any atom is 0.186 e. The summed E-state index contributed by atoms with van der Waals surface area (Å²) in [6.07, 6.45) is -1.63. The first-order valence-corrected chi connectivity index (χ1v) is 11.8. The van der Waals surface area contributed by atoms with E-state index < -0.39 is 18.5 Å². The number of methoxy groups -OCH3 is 1. The van der Waals surface area contributed by atoms with E-state index in [0.29, 0.717) is 39.4 Å². The Bertz CT molecular complexity index is 884. The van der Waals surface area contributed by atoms with Gasteiger partial charge in [0.25, 0.3) is 0 Å². The van der Waals surface area contributed by atoms with Gasteiger partial charge < -0.3 is 28.8 Å². The molecule has 0 amide bonds. The maximum atomic E-state index is 11.0. The van der Waals surface area contributed by atoms with Crippen molar-refractivity contribution in [2.75, 3.05) is 46.6 Å². The highest BCUT2D eigenvalue weighted by Crippen LogP contribution is 2.28. The van der Waals surface area contributed by atoms with Gasteiger partial charge in [0.1, 0.15) is 18.3 Å². The summed E-state index contributed by atoms with van der Waals surface area (Å²) in [5.41, 5.74) is 0.778. The van der Waals surface area contributed by atoms with Crippen molar-refractivity contribution in [1.82, 2.24) is 4.90 Å². The number of rotatable bonds is 10. The second-order valence-electron chi connectivity index (χ2n) is 9.49. The van der Waals surface area contributed by atoms with Gasteiger partial charge in [-0.05, 0) is 42.7 Å². The van der Waals surface area contributed by atoms with Crippen molar-refractivity contribution in [1.29, 1.82) is 0 Å². The molecule has 2 heterocycles. The first-order chi connectivity index (χ1) is 15.9. The largest absolute Gasteiger partial charge is 0.385 e. The second kappa shape index (κ2) is 11.2. The number of ether oxygens (including phenoxy) is 5. The van der Waals surface area contributed by atoms with E-state index in [2.05, 4.69) is 35.2 Å². The highest BCUT2D eigenvalue weighted by molar-refractivity contribution is 5.82. The van der Waals surface area contributed by atoms with E-state index in [-0.39, 0.29) is 11.7 Å². The molecule has 2 saturated heterocycles. The zero-order valence-electron chi connectivity index (χ0n) is 19.9. The van der Waals surface area contributed by atoms with Crippen LogP contribution in [0.1, 0.15) is 25.8 Å². The number of fused-ring (bicyclic) bond motifs is 1. The Morgan fingerprint density at radius 3 is 2.58 bits per heavy atom. The maximum absolute atomic E-state index is 11.0. The van der Waals surface area contributed by atoms with Crippen LogP contribution in [-0.4, -0.2) is 86.8 Å². The molecule has 4 rings (SSSR count). The number of morpholine rings is 1. The van der Waals surface area contributed by atoms with Crippen LogP contribution in [0.25, 0.3) is 10.8 Å². The Balaban J connectivity index is 1.40. The van der Waals surface area contributed by atoms with Gasteiger partial charge in [0.05, 0.1) is 32.0 Å². The number of hydrogen-bond donors (Lipinski definition) is 1. The molecule has 33 heavy (non-hydrogen) atoms. The predicted molar refractivity (Wildman–Crippen MR) is 126 cm³/mol. The molecule has 0 spiro atoms. The molecule has 2 aromatic carbocycles. The third-order valence-corrected chi connectivity index (χ3v) is 6.63. The first-order valence-electron chi connectivity index (χ1n) is 11.8. The summed E-state index contributed by atoms with van der Waals surface area (Å²) in [7, 11) is 1.69. The highest BCUT2D eigenvalue weighted by Gasteiger charge is 2.46. The average molecular weight is 460 g/mol. The monoisotopic (exact) mass is 459 g/mol. The van der Waals surface area contributed by atoms with Crippen molar-refractivity contribution in [3.63, 3.8) is 0 Å². The molecule has 2 aliphatic heterocycles. The van der Waals surface area contributed by atoms with Crippen LogP contribution in [0.5, 0.6) is 0 Å². The van der Waals surface area contributed by atoms with Crippen LogP contribution in [0.4, 0.5) is 0 Å². The first kappa shape index (κ1) is 24.5. The normalized spacial score (nSPS) is 26.8. The van der Waals surface area contributed by atoms with Gasteiger partial charge in [-0.25, -0.2) is 0 Å². The predicted octanol–water partition coefficient (Wildman–Crippen LogP) is 2.97. The average Bonchev–Trinajstić information content (AvgIpc) is 3.12. The van der Waals surface area contributed by atoms with Gasteiger partial charge in [-0.2, -0.15) is 0 Å². The summed E-state index contributed by atoms with van der Waals surface area (Å²) in [5.74, 6) is 0. The van der Waals surface area contributed by atoms with Crippen molar-refractivity contribution in [3.05, 3.63) is 48.0 Å². The molecule has 2 aromatic rings. The Labute approximate surface area is 196 Å². The van der Waals surface area contributed by atoms with E-state index in [1.54, 1.807) is 7.11 Å². The van der Waals surface area contributed by atoms with E-state index in [0.717, 1.165) is 18.7 Å². The highest BCUT2D eigenvalue weighted by atomic mass is 16.7. The lowest BCUT2D eigenvalue weighted by atomic mass is 10.1. The number of aliphatic hydroxyl groups excluding tert-OH is 1. The molecule has 0 aliphatic carbocycles. The smallest absolute Gasteiger partial charge is 0.186 e. The van der Waals surface area contributed by atoms with Crippen LogP contribution in [0, 0.1) is 0 Å². The molecule has 4 unspecified atom stereocenters. The molecule has 0 aromatic heterocycles. The molecule has 2 aliphatic rings. The van der Waals surface area contributed by atoms with Gasteiger partial charge in [-0.1, -0.05) is 36.4 Å². The molecule has 0 bridgehead atoms. The van der Waals surface area contributed by atoms with Crippen LogP contribution in [0.15, 0.2) is 42.5 Å². The van der Waals surface area contributed by atoms with Crippen LogP contribution in [-0.2, 0) is 30.3 Å². The van der Waals surface area contributed by atoms with E-state index in [1.165, 1.54) is 10.8 Å². The number of benzene rings is 2. The van der Waals surface area contributed by atoms with E-state index in [4.69, 9.17) is 23.7 Å². The second-order valence-corrected chi connectivity index (χ2v) is 9.49. The Hall–Kier alpha value is -1.58. The fourth-order valence-corrected chi connectivity index (χ4v) is 4.28. The summed E-state index contributed by atoms with van der Waals surface area (Å²) >= 11 is 0. The number of aliphatic hydroxyl groups is 1. The van der Waals surface area contributed by atoms with E-state index >= 15 is 0 Å². The SMILES string of the molecule is COC(C)(C)CCOC1OC(CN2CCOCC2)C(OCc2ccc3ccccc3c2)C1O. The molecule has 7 heteroatoms. The van der Waals surface area contributed by atoms with Gasteiger partial charge in [-0.15, -0.1) is 0 Å². The Morgan fingerprint density at radius 1 is 1.06 bits per heavy atom. The minimum atomic E-state index is -0.859. The molecule has 0 saturated carbocycles. The van der Waals surface area contributed by atoms with Gasteiger partial charge in [-0.3, -0.25) is 4.90 Å². The van der Waals surface area contributed by atoms with Gasteiger partial charge in [0.2, 0.25) is 0 Å². The summed E-state index contributed by atoms with van der Waals surface area (Å²) in [4.78, 5) is 2.30. The van der Waals surface area contributed by atoms with Crippen molar-refractivity contribution in [3.8, 4) is 0 Å². The van der Waals surface area contributed by atoms with E-state index in [1.807, 2.05) is 26.0 Å². The molecule has 0 radical (unpaired) electrons. The minimum absolute atomic E-state index is 0.279. The topological polar surface area (TPSA) is 69.6 Å². The lowest BCUT2D eigenvalue weighted by Gasteiger charge is -2.30. The fourth-order valence-electron chi connectivity index (χ4n) is 4.28. The van der Waals surface area contributed by atoms with Crippen LogP contribution in [0.2, 0.25) is 0 Å². The summed E-state index contributed by atoms with van der Waals surface area (Å²) in [6, 6.07) is 14.6. The van der Waals surface area contributed by atoms with Crippen molar-refractivity contribution < 1.29 is 28.8 Å². The molecular formula is C26H37NO6. The summed E-state index contributed by atoms with van der Waals surface area (Å²) in [5, 5.41) is 13.4. The Morgan fingerprint density at radius 2 is 1.82 bits per heavy atom. The van der Waals surface area contributed by atoms with E-state index in [9.17, 15) is 5.11 Å². The fraction of sp³-hybridized carbons (Fsp3) is 0.615. The lowest BCUT2D eigenvalue weighted by Crippen LogP contribution is -2.45.